The average Bonchev–Trinajstić information content (AvgIpc) is 2.47. The predicted molar refractivity (Wildman–Crippen MR) is 82.7 cm³/mol. The van der Waals surface area contributed by atoms with Crippen molar-refractivity contribution in [2.75, 3.05) is 13.2 Å². The Bertz CT molecular complexity index is 681. The van der Waals surface area contributed by atoms with E-state index in [9.17, 15) is 4.79 Å². The molecule has 4 nitrogen and oxygen atoms in total. The second-order valence-corrected chi connectivity index (χ2v) is 6.05. The lowest BCUT2D eigenvalue weighted by Gasteiger charge is -2.34. The summed E-state index contributed by atoms with van der Waals surface area (Å²) in [4.78, 5) is 16.6. The van der Waals surface area contributed by atoms with Crippen molar-refractivity contribution >= 4 is 28.3 Å². The van der Waals surface area contributed by atoms with Crippen molar-refractivity contribution in [1.82, 2.24) is 10.3 Å². The molecule has 0 radical (unpaired) electrons. The molecule has 2 heterocycles. The van der Waals surface area contributed by atoms with Crippen LogP contribution in [0.5, 0.6) is 0 Å². The van der Waals surface area contributed by atoms with Crippen molar-refractivity contribution in [2.24, 2.45) is 0 Å². The Morgan fingerprint density at radius 2 is 2.24 bits per heavy atom. The molecule has 1 unspecified atom stereocenters. The smallest absolute Gasteiger partial charge is 0.270 e. The summed E-state index contributed by atoms with van der Waals surface area (Å²) in [6, 6.07) is 9.39. The molecule has 1 atom stereocenters. The highest BCUT2D eigenvalue weighted by Crippen LogP contribution is 2.23. The number of carbonyl (C=O) groups excluding carboxylic acids is 1. The summed E-state index contributed by atoms with van der Waals surface area (Å²) >= 11 is 6.17. The molecular formula is C16H17ClN2O2. The fraction of sp³-hybridized carbons (Fsp3) is 0.375. The average molecular weight is 305 g/mol. The van der Waals surface area contributed by atoms with Gasteiger partial charge in [-0.1, -0.05) is 35.9 Å². The summed E-state index contributed by atoms with van der Waals surface area (Å²) in [5.41, 5.74) is 0.000264. The number of nitrogens with one attached hydrogen (secondary N) is 1. The van der Waals surface area contributed by atoms with Crippen LogP contribution in [0.3, 0.4) is 0 Å². The topological polar surface area (TPSA) is 51.2 Å². The number of hydrogen-bond donors (Lipinski definition) is 1. The second-order valence-electron chi connectivity index (χ2n) is 5.69. The summed E-state index contributed by atoms with van der Waals surface area (Å²) in [6.07, 6.45) is 1.85. The van der Waals surface area contributed by atoms with Crippen molar-refractivity contribution in [1.29, 1.82) is 0 Å². The molecule has 0 saturated carbocycles. The Hall–Kier alpha value is -1.65. The largest absolute Gasteiger partial charge is 0.379 e. The van der Waals surface area contributed by atoms with Gasteiger partial charge in [0.1, 0.15) is 10.8 Å². The lowest BCUT2D eigenvalue weighted by atomic mass is 9.94. The van der Waals surface area contributed by atoms with Crippen LogP contribution in [0, 0.1) is 0 Å². The number of pyridine rings is 1. The third kappa shape index (κ3) is 3.01. The van der Waals surface area contributed by atoms with Gasteiger partial charge >= 0.3 is 0 Å². The minimum absolute atomic E-state index is 0.212. The first kappa shape index (κ1) is 14.3. The zero-order valence-electron chi connectivity index (χ0n) is 11.9. The van der Waals surface area contributed by atoms with E-state index in [1.54, 1.807) is 6.07 Å². The van der Waals surface area contributed by atoms with Crippen LogP contribution in [0.25, 0.3) is 10.8 Å². The number of hydrogen-bond acceptors (Lipinski definition) is 3. The molecule has 110 valence electrons. The fourth-order valence-corrected chi connectivity index (χ4v) is 2.91. The van der Waals surface area contributed by atoms with Crippen LogP contribution in [0.1, 0.15) is 30.3 Å². The Morgan fingerprint density at radius 3 is 3.00 bits per heavy atom. The van der Waals surface area contributed by atoms with Gasteiger partial charge in [-0.15, -0.1) is 0 Å². The molecule has 1 N–H and O–H groups in total. The first-order chi connectivity index (χ1) is 10.1. The molecule has 1 aliphatic rings. The third-order valence-electron chi connectivity index (χ3n) is 3.78. The number of halogens is 1. The van der Waals surface area contributed by atoms with E-state index in [-0.39, 0.29) is 11.4 Å². The number of amides is 1. The number of carbonyl (C=O) groups is 1. The maximum absolute atomic E-state index is 12.4. The van der Waals surface area contributed by atoms with Gasteiger partial charge in [-0.2, -0.15) is 0 Å². The lowest BCUT2D eigenvalue weighted by molar-refractivity contribution is 0.0271. The summed E-state index contributed by atoms with van der Waals surface area (Å²) in [5, 5.41) is 5.13. The summed E-state index contributed by atoms with van der Waals surface area (Å²) < 4.78 is 5.45. The number of nitrogens with zero attached hydrogens (tertiary/aromatic N) is 1. The maximum Gasteiger partial charge on any atom is 0.270 e. The van der Waals surface area contributed by atoms with Crippen LogP contribution in [0.4, 0.5) is 0 Å². The number of fused-ring (bicyclic) bond motifs is 1. The van der Waals surface area contributed by atoms with Crippen molar-refractivity contribution < 1.29 is 9.53 Å². The first-order valence-corrected chi connectivity index (χ1v) is 7.41. The summed E-state index contributed by atoms with van der Waals surface area (Å²) in [7, 11) is 0. The lowest BCUT2D eigenvalue weighted by Crippen LogP contribution is -2.51. The molecule has 1 saturated heterocycles. The summed E-state index contributed by atoms with van der Waals surface area (Å²) in [6.45, 7) is 3.28. The van der Waals surface area contributed by atoms with Gasteiger partial charge in [0.2, 0.25) is 0 Å². The van der Waals surface area contributed by atoms with Crippen molar-refractivity contribution in [3.05, 3.63) is 41.2 Å². The molecule has 2 aromatic rings. The molecule has 21 heavy (non-hydrogen) atoms. The van der Waals surface area contributed by atoms with Crippen LogP contribution in [-0.4, -0.2) is 29.6 Å². The predicted octanol–water partition coefficient (Wildman–Crippen LogP) is 3.19. The molecule has 3 rings (SSSR count). The SMILES string of the molecule is CC1(NC(=O)c2cc3ccccc3c(Cl)n2)CCCOC1. The monoisotopic (exact) mass is 304 g/mol. The zero-order valence-corrected chi connectivity index (χ0v) is 12.6. The minimum atomic E-state index is -0.338. The molecule has 1 aliphatic heterocycles. The van der Waals surface area contributed by atoms with E-state index in [4.69, 9.17) is 16.3 Å². The minimum Gasteiger partial charge on any atom is -0.379 e. The van der Waals surface area contributed by atoms with Crippen LogP contribution in [0.15, 0.2) is 30.3 Å². The number of benzene rings is 1. The molecule has 0 spiro atoms. The van der Waals surface area contributed by atoms with Gasteiger partial charge in [0, 0.05) is 12.0 Å². The van der Waals surface area contributed by atoms with Gasteiger partial charge < -0.3 is 10.1 Å². The van der Waals surface area contributed by atoms with E-state index in [0.717, 1.165) is 30.2 Å². The van der Waals surface area contributed by atoms with Gasteiger partial charge in [0.05, 0.1) is 12.1 Å². The molecule has 1 amide bonds. The Labute approximate surface area is 128 Å². The van der Waals surface area contributed by atoms with E-state index in [2.05, 4.69) is 10.3 Å². The number of ether oxygens (including phenoxy) is 1. The van der Waals surface area contributed by atoms with E-state index in [1.807, 2.05) is 31.2 Å². The van der Waals surface area contributed by atoms with Crippen LogP contribution in [-0.2, 0) is 4.74 Å². The van der Waals surface area contributed by atoms with Gasteiger partial charge in [0.15, 0.2) is 0 Å². The van der Waals surface area contributed by atoms with Crippen molar-refractivity contribution in [2.45, 2.75) is 25.3 Å². The molecule has 5 heteroatoms. The second kappa shape index (κ2) is 5.62. The van der Waals surface area contributed by atoms with E-state index in [0.29, 0.717) is 17.5 Å². The Balaban J connectivity index is 1.87. The number of aromatic nitrogens is 1. The van der Waals surface area contributed by atoms with E-state index in [1.165, 1.54) is 0 Å². The number of rotatable bonds is 2. The molecule has 1 aromatic heterocycles. The highest BCUT2D eigenvalue weighted by atomic mass is 35.5. The zero-order chi connectivity index (χ0) is 14.9. The Kier molecular flexibility index (Phi) is 3.83. The van der Waals surface area contributed by atoms with Gasteiger partial charge in [-0.05, 0) is 31.2 Å². The molecule has 0 aliphatic carbocycles. The van der Waals surface area contributed by atoms with Gasteiger partial charge in [0.25, 0.3) is 5.91 Å². The van der Waals surface area contributed by atoms with Crippen molar-refractivity contribution in [3.63, 3.8) is 0 Å². The highest BCUT2D eigenvalue weighted by Gasteiger charge is 2.30. The normalized spacial score (nSPS) is 22.2. The fourth-order valence-electron chi connectivity index (χ4n) is 2.64. The Morgan fingerprint density at radius 1 is 1.43 bits per heavy atom. The van der Waals surface area contributed by atoms with Crippen molar-refractivity contribution in [3.8, 4) is 0 Å². The van der Waals surface area contributed by atoms with E-state index < -0.39 is 0 Å². The quantitative estimate of drug-likeness (QED) is 0.867. The third-order valence-corrected chi connectivity index (χ3v) is 4.07. The summed E-state index contributed by atoms with van der Waals surface area (Å²) in [5.74, 6) is -0.212. The molecule has 1 aromatic carbocycles. The van der Waals surface area contributed by atoms with Crippen LogP contribution in [0.2, 0.25) is 5.15 Å². The van der Waals surface area contributed by atoms with Gasteiger partial charge in [-0.3, -0.25) is 4.79 Å². The van der Waals surface area contributed by atoms with Gasteiger partial charge in [-0.25, -0.2) is 4.98 Å². The molecule has 0 bridgehead atoms. The maximum atomic E-state index is 12.4. The van der Waals surface area contributed by atoms with Crippen LogP contribution >= 0.6 is 11.6 Å². The molecule has 1 fully saturated rings. The van der Waals surface area contributed by atoms with Crippen LogP contribution < -0.4 is 5.32 Å². The highest BCUT2D eigenvalue weighted by molar-refractivity contribution is 6.34. The molecular weight excluding hydrogens is 288 g/mol. The first-order valence-electron chi connectivity index (χ1n) is 7.03. The van der Waals surface area contributed by atoms with E-state index >= 15 is 0 Å². The standard InChI is InChI=1S/C16H17ClN2O2/c1-16(7-4-8-21-10-16)19-15(20)13-9-11-5-2-3-6-12(11)14(17)18-13/h2-3,5-6,9H,4,7-8,10H2,1H3,(H,19,20).